The zero-order valence-corrected chi connectivity index (χ0v) is 9.61. The highest BCUT2D eigenvalue weighted by Gasteiger charge is 2.31. The largest absolute Gasteiger partial charge is 0.480 e. The van der Waals surface area contributed by atoms with Crippen molar-refractivity contribution in [2.24, 2.45) is 0 Å². The minimum absolute atomic E-state index is 0.0235. The van der Waals surface area contributed by atoms with Crippen LogP contribution < -0.4 is 0 Å². The van der Waals surface area contributed by atoms with E-state index in [1.807, 2.05) is 0 Å². The number of amides is 1. The zero-order valence-electron chi connectivity index (χ0n) is 9.61. The summed E-state index contributed by atoms with van der Waals surface area (Å²) in [6.07, 6.45) is 4.32. The molecule has 1 aromatic heterocycles. The summed E-state index contributed by atoms with van der Waals surface area (Å²) >= 11 is 0. The van der Waals surface area contributed by atoms with Gasteiger partial charge in [0.15, 0.2) is 6.04 Å². The molecular formula is C12H13NO5. The predicted octanol–water partition coefficient (Wildman–Crippen LogP) is 0.605. The molecule has 1 fully saturated rings. The van der Waals surface area contributed by atoms with Gasteiger partial charge in [0, 0.05) is 12.6 Å². The van der Waals surface area contributed by atoms with Crippen LogP contribution in [0.4, 0.5) is 0 Å². The minimum Gasteiger partial charge on any atom is -0.480 e. The molecule has 0 radical (unpaired) electrons. The Morgan fingerprint density at radius 2 is 2.33 bits per heavy atom. The van der Waals surface area contributed by atoms with Crippen molar-refractivity contribution in [2.45, 2.75) is 6.04 Å². The van der Waals surface area contributed by atoms with E-state index in [4.69, 9.17) is 14.3 Å². The number of carbonyl (C=O) groups is 2. The van der Waals surface area contributed by atoms with Crippen LogP contribution in [0.3, 0.4) is 0 Å². The van der Waals surface area contributed by atoms with Gasteiger partial charge in [-0.25, -0.2) is 4.79 Å². The van der Waals surface area contributed by atoms with Crippen LogP contribution in [0.25, 0.3) is 6.08 Å². The normalized spacial score (nSPS) is 20.2. The fourth-order valence-corrected chi connectivity index (χ4v) is 1.71. The van der Waals surface area contributed by atoms with Gasteiger partial charge in [0.25, 0.3) is 0 Å². The Labute approximate surface area is 103 Å². The SMILES string of the molecule is O=C(O)[C@H]1COCCN1C(=O)/C=C/c1ccco1. The summed E-state index contributed by atoms with van der Waals surface area (Å²) in [6, 6.07) is 2.49. The molecule has 0 bridgehead atoms. The summed E-state index contributed by atoms with van der Waals surface area (Å²) in [7, 11) is 0. The van der Waals surface area contributed by atoms with Crippen molar-refractivity contribution in [1.82, 2.24) is 4.90 Å². The molecule has 2 rings (SSSR count). The lowest BCUT2D eigenvalue weighted by atomic mass is 10.2. The highest BCUT2D eigenvalue weighted by atomic mass is 16.5. The highest BCUT2D eigenvalue weighted by molar-refractivity contribution is 5.94. The Bertz CT molecular complexity index is 451. The van der Waals surface area contributed by atoms with Crippen molar-refractivity contribution in [1.29, 1.82) is 0 Å². The summed E-state index contributed by atoms with van der Waals surface area (Å²) in [5.41, 5.74) is 0. The average Bonchev–Trinajstić information content (AvgIpc) is 2.89. The van der Waals surface area contributed by atoms with Crippen molar-refractivity contribution in [3.8, 4) is 0 Å². The average molecular weight is 251 g/mol. The number of carboxylic acid groups (broad SMARTS) is 1. The van der Waals surface area contributed by atoms with Crippen LogP contribution in [0.2, 0.25) is 0 Å². The Kier molecular flexibility index (Phi) is 3.78. The maximum atomic E-state index is 11.9. The second-order valence-electron chi connectivity index (χ2n) is 3.81. The second kappa shape index (κ2) is 5.50. The predicted molar refractivity (Wildman–Crippen MR) is 61.7 cm³/mol. The van der Waals surface area contributed by atoms with Gasteiger partial charge < -0.3 is 19.2 Å². The molecule has 18 heavy (non-hydrogen) atoms. The zero-order chi connectivity index (χ0) is 13.0. The Morgan fingerprint density at radius 3 is 3.00 bits per heavy atom. The van der Waals surface area contributed by atoms with E-state index in [0.717, 1.165) is 0 Å². The smallest absolute Gasteiger partial charge is 0.328 e. The Morgan fingerprint density at radius 1 is 1.50 bits per heavy atom. The van der Waals surface area contributed by atoms with E-state index >= 15 is 0 Å². The number of furan rings is 1. The summed E-state index contributed by atoms with van der Waals surface area (Å²) in [4.78, 5) is 24.2. The van der Waals surface area contributed by atoms with Crippen molar-refractivity contribution < 1.29 is 23.8 Å². The lowest BCUT2D eigenvalue weighted by Gasteiger charge is -2.31. The standard InChI is InChI=1S/C12H13NO5/c14-11(4-3-9-2-1-6-18-9)13-5-7-17-8-10(13)12(15)16/h1-4,6,10H,5,7-8H2,(H,15,16)/b4-3+/t10-/m1/s1. The van der Waals surface area contributed by atoms with Gasteiger partial charge in [0.1, 0.15) is 5.76 Å². The number of hydrogen-bond acceptors (Lipinski definition) is 4. The van der Waals surface area contributed by atoms with Crippen LogP contribution in [-0.2, 0) is 14.3 Å². The number of carboxylic acids is 1. The molecule has 6 heteroatoms. The van der Waals surface area contributed by atoms with E-state index in [-0.39, 0.29) is 19.1 Å². The molecule has 2 heterocycles. The van der Waals surface area contributed by atoms with Gasteiger partial charge >= 0.3 is 5.97 Å². The van der Waals surface area contributed by atoms with E-state index in [1.54, 1.807) is 12.1 Å². The molecule has 1 aliphatic rings. The van der Waals surface area contributed by atoms with Gasteiger partial charge in [-0.05, 0) is 18.2 Å². The topological polar surface area (TPSA) is 80.0 Å². The van der Waals surface area contributed by atoms with E-state index in [2.05, 4.69) is 0 Å². The maximum Gasteiger partial charge on any atom is 0.328 e. The second-order valence-corrected chi connectivity index (χ2v) is 3.81. The first kappa shape index (κ1) is 12.4. The van der Waals surface area contributed by atoms with Crippen molar-refractivity contribution >= 4 is 18.0 Å². The number of rotatable bonds is 3. The summed E-state index contributed by atoms with van der Waals surface area (Å²) in [5, 5.41) is 8.99. The minimum atomic E-state index is -1.06. The molecule has 1 atom stereocenters. The van der Waals surface area contributed by atoms with Crippen LogP contribution in [0.1, 0.15) is 5.76 Å². The number of ether oxygens (including phenoxy) is 1. The van der Waals surface area contributed by atoms with Crippen LogP contribution in [0.15, 0.2) is 28.9 Å². The van der Waals surface area contributed by atoms with Gasteiger partial charge in [0.05, 0.1) is 19.5 Å². The number of morpholine rings is 1. The molecule has 1 N–H and O–H groups in total. The molecule has 6 nitrogen and oxygen atoms in total. The van der Waals surface area contributed by atoms with Crippen molar-refractivity contribution in [3.63, 3.8) is 0 Å². The fourth-order valence-electron chi connectivity index (χ4n) is 1.71. The lowest BCUT2D eigenvalue weighted by Crippen LogP contribution is -2.52. The third-order valence-electron chi connectivity index (χ3n) is 2.63. The van der Waals surface area contributed by atoms with Crippen LogP contribution in [0.5, 0.6) is 0 Å². The first-order valence-electron chi connectivity index (χ1n) is 5.51. The van der Waals surface area contributed by atoms with Crippen molar-refractivity contribution in [3.05, 3.63) is 30.2 Å². The molecule has 0 unspecified atom stereocenters. The third-order valence-corrected chi connectivity index (χ3v) is 2.63. The summed E-state index contributed by atoms with van der Waals surface area (Å²) in [5.74, 6) is -0.875. The molecule has 0 aliphatic carbocycles. The first-order valence-corrected chi connectivity index (χ1v) is 5.51. The third kappa shape index (κ3) is 2.78. The number of aliphatic carboxylic acids is 1. The van der Waals surface area contributed by atoms with Gasteiger partial charge in [-0.2, -0.15) is 0 Å². The number of carbonyl (C=O) groups excluding carboxylic acids is 1. The fraction of sp³-hybridized carbons (Fsp3) is 0.333. The Balaban J connectivity index is 2.04. The molecule has 0 aromatic carbocycles. The van der Waals surface area contributed by atoms with E-state index in [0.29, 0.717) is 12.4 Å². The molecular weight excluding hydrogens is 238 g/mol. The van der Waals surface area contributed by atoms with Crippen molar-refractivity contribution in [2.75, 3.05) is 19.8 Å². The van der Waals surface area contributed by atoms with Gasteiger partial charge in [0.2, 0.25) is 5.91 Å². The van der Waals surface area contributed by atoms with E-state index < -0.39 is 12.0 Å². The molecule has 1 saturated heterocycles. The monoisotopic (exact) mass is 251 g/mol. The van der Waals surface area contributed by atoms with E-state index in [1.165, 1.54) is 23.3 Å². The van der Waals surface area contributed by atoms with Crippen LogP contribution >= 0.6 is 0 Å². The maximum absolute atomic E-state index is 11.9. The Hall–Kier alpha value is -2.08. The molecule has 1 aliphatic heterocycles. The van der Waals surface area contributed by atoms with Gasteiger partial charge in [-0.1, -0.05) is 0 Å². The molecule has 0 saturated carbocycles. The molecule has 1 aromatic rings. The number of nitrogens with zero attached hydrogens (tertiary/aromatic N) is 1. The van der Waals surface area contributed by atoms with Gasteiger partial charge in [-0.3, -0.25) is 4.79 Å². The van der Waals surface area contributed by atoms with E-state index in [9.17, 15) is 9.59 Å². The number of hydrogen-bond donors (Lipinski definition) is 1. The molecule has 1 amide bonds. The molecule has 96 valence electrons. The first-order chi connectivity index (χ1) is 8.68. The summed E-state index contributed by atoms with van der Waals surface area (Å²) in [6.45, 7) is 0.651. The molecule has 0 spiro atoms. The highest BCUT2D eigenvalue weighted by Crippen LogP contribution is 2.09. The summed E-state index contributed by atoms with van der Waals surface area (Å²) < 4.78 is 10.1. The lowest BCUT2D eigenvalue weighted by molar-refractivity contribution is -0.156. The van der Waals surface area contributed by atoms with Gasteiger partial charge in [-0.15, -0.1) is 0 Å². The van der Waals surface area contributed by atoms with Crippen LogP contribution in [-0.4, -0.2) is 47.7 Å². The quantitative estimate of drug-likeness (QED) is 0.796. The van der Waals surface area contributed by atoms with Crippen LogP contribution in [0, 0.1) is 0 Å².